The van der Waals surface area contributed by atoms with E-state index >= 15 is 0 Å². The number of aromatic nitrogens is 2. The van der Waals surface area contributed by atoms with Gasteiger partial charge in [-0.15, -0.1) is 0 Å². The van der Waals surface area contributed by atoms with E-state index in [1.54, 1.807) is 6.20 Å². The summed E-state index contributed by atoms with van der Waals surface area (Å²) in [5.74, 6) is 1.10. The fraction of sp³-hybridized carbons (Fsp3) is 0.182. The number of rotatable bonds is 3. The van der Waals surface area contributed by atoms with E-state index in [1.807, 2.05) is 24.4 Å². The minimum atomic E-state index is 0.172. The molecule has 0 aliphatic heterocycles. The largest absolute Gasteiger partial charge is 0.348 e. The van der Waals surface area contributed by atoms with Crippen molar-refractivity contribution in [3.8, 4) is 0 Å². The molecule has 0 aliphatic rings. The normalized spacial score (nSPS) is 12.6. The van der Waals surface area contributed by atoms with Gasteiger partial charge in [-0.05, 0) is 5.56 Å². The maximum absolute atomic E-state index is 5.74. The summed E-state index contributed by atoms with van der Waals surface area (Å²) in [7, 11) is 0. The van der Waals surface area contributed by atoms with Gasteiger partial charge in [0.2, 0.25) is 0 Å². The Hall–Kier alpha value is -1.61. The second-order valence-electron chi connectivity index (χ2n) is 3.17. The third-order valence-electron chi connectivity index (χ3n) is 2.29. The van der Waals surface area contributed by atoms with Crippen LogP contribution < -0.4 is 5.73 Å². The van der Waals surface area contributed by atoms with Gasteiger partial charge < -0.3 is 10.7 Å². The maximum Gasteiger partial charge on any atom is 0.114 e. The van der Waals surface area contributed by atoms with Gasteiger partial charge in [0.25, 0.3) is 0 Å². The zero-order chi connectivity index (χ0) is 9.80. The molecule has 3 heteroatoms. The van der Waals surface area contributed by atoms with Gasteiger partial charge in [-0.25, -0.2) is 4.98 Å². The number of benzene rings is 1. The lowest BCUT2D eigenvalue weighted by molar-refractivity contribution is 0.765. The van der Waals surface area contributed by atoms with E-state index in [2.05, 4.69) is 22.1 Å². The Balaban J connectivity index is 2.31. The molecule has 0 amide bonds. The first-order chi connectivity index (χ1) is 6.92. The van der Waals surface area contributed by atoms with Gasteiger partial charge in [-0.2, -0.15) is 0 Å². The van der Waals surface area contributed by atoms with Crippen LogP contribution in [0.5, 0.6) is 0 Å². The molecule has 0 bridgehead atoms. The Morgan fingerprint density at radius 2 is 2.07 bits per heavy atom. The highest BCUT2D eigenvalue weighted by molar-refractivity contribution is 5.25. The van der Waals surface area contributed by atoms with Gasteiger partial charge in [0.1, 0.15) is 5.82 Å². The molecule has 0 saturated carbocycles. The molecule has 2 rings (SSSR count). The summed E-state index contributed by atoms with van der Waals surface area (Å²) in [5, 5.41) is 0. The second-order valence-corrected chi connectivity index (χ2v) is 3.17. The standard InChI is InChI=1S/C11H13N3/c12-8-10(11-13-6-7-14-11)9-4-2-1-3-5-9/h1-7,10H,8,12H2,(H,13,14)/t10-/m0/s1. The smallest absolute Gasteiger partial charge is 0.114 e. The molecule has 3 nitrogen and oxygen atoms in total. The highest BCUT2D eigenvalue weighted by Crippen LogP contribution is 2.19. The van der Waals surface area contributed by atoms with Crippen LogP contribution >= 0.6 is 0 Å². The van der Waals surface area contributed by atoms with Crippen molar-refractivity contribution in [3.63, 3.8) is 0 Å². The van der Waals surface area contributed by atoms with Gasteiger partial charge in [-0.3, -0.25) is 0 Å². The molecule has 0 radical (unpaired) electrons. The van der Waals surface area contributed by atoms with Gasteiger partial charge >= 0.3 is 0 Å². The molecule has 0 saturated heterocycles. The molecular formula is C11H13N3. The van der Waals surface area contributed by atoms with Crippen molar-refractivity contribution in [1.82, 2.24) is 9.97 Å². The van der Waals surface area contributed by atoms with Gasteiger partial charge in [0.05, 0.1) is 5.92 Å². The Kier molecular flexibility index (Phi) is 2.60. The third kappa shape index (κ3) is 1.67. The molecule has 0 unspecified atom stereocenters. The van der Waals surface area contributed by atoms with Crippen LogP contribution in [0.15, 0.2) is 42.7 Å². The van der Waals surface area contributed by atoms with Crippen molar-refractivity contribution in [2.45, 2.75) is 5.92 Å². The molecule has 1 heterocycles. The third-order valence-corrected chi connectivity index (χ3v) is 2.29. The van der Waals surface area contributed by atoms with Gasteiger partial charge in [0.15, 0.2) is 0 Å². The lowest BCUT2D eigenvalue weighted by Crippen LogP contribution is -2.15. The molecule has 1 atom stereocenters. The average molecular weight is 187 g/mol. The predicted molar refractivity (Wildman–Crippen MR) is 55.9 cm³/mol. The molecule has 14 heavy (non-hydrogen) atoms. The lowest BCUT2D eigenvalue weighted by atomic mass is 9.99. The molecule has 72 valence electrons. The van der Waals surface area contributed by atoms with Crippen LogP contribution in [0, 0.1) is 0 Å². The van der Waals surface area contributed by atoms with Crippen LogP contribution in [-0.4, -0.2) is 16.5 Å². The van der Waals surface area contributed by atoms with E-state index in [1.165, 1.54) is 5.56 Å². The Labute approximate surface area is 83.0 Å². The summed E-state index contributed by atoms with van der Waals surface area (Å²) in [6, 6.07) is 10.2. The minimum absolute atomic E-state index is 0.172. The van der Waals surface area contributed by atoms with E-state index in [0.717, 1.165) is 5.82 Å². The molecule has 1 aromatic carbocycles. The summed E-state index contributed by atoms with van der Waals surface area (Å²) in [6.07, 6.45) is 3.57. The van der Waals surface area contributed by atoms with Crippen LogP contribution in [0.2, 0.25) is 0 Å². The number of hydrogen-bond donors (Lipinski definition) is 2. The van der Waals surface area contributed by atoms with Crippen LogP contribution in [0.1, 0.15) is 17.3 Å². The van der Waals surface area contributed by atoms with E-state index in [4.69, 9.17) is 5.73 Å². The fourth-order valence-corrected chi connectivity index (χ4v) is 1.56. The van der Waals surface area contributed by atoms with Crippen molar-refractivity contribution >= 4 is 0 Å². The molecule has 1 aromatic heterocycles. The van der Waals surface area contributed by atoms with Crippen molar-refractivity contribution in [1.29, 1.82) is 0 Å². The number of nitrogens with zero attached hydrogens (tertiary/aromatic N) is 1. The zero-order valence-corrected chi connectivity index (χ0v) is 7.85. The summed E-state index contributed by atoms with van der Waals surface area (Å²) < 4.78 is 0. The topological polar surface area (TPSA) is 54.7 Å². The molecular weight excluding hydrogens is 174 g/mol. The summed E-state index contributed by atoms with van der Waals surface area (Å²) >= 11 is 0. The molecule has 3 N–H and O–H groups in total. The van der Waals surface area contributed by atoms with Gasteiger partial charge in [0, 0.05) is 18.9 Å². The summed E-state index contributed by atoms with van der Waals surface area (Å²) in [5.41, 5.74) is 6.94. The number of nitrogens with two attached hydrogens (primary N) is 1. The highest BCUT2D eigenvalue weighted by Gasteiger charge is 2.13. The molecule has 2 aromatic rings. The number of hydrogen-bond acceptors (Lipinski definition) is 2. The van der Waals surface area contributed by atoms with Crippen molar-refractivity contribution < 1.29 is 0 Å². The first-order valence-electron chi connectivity index (χ1n) is 4.66. The highest BCUT2D eigenvalue weighted by atomic mass is 14.9. The Morgan fingerprint density at radius 1 is 1.29 bits per heavy atom. The van der Waals surface area contributed by atoms with Crippen molar-refractivity contribution in [2.24, 2.45) is 5.73 Å². The van der Waals surface area contributed by atoms with Crippen molar-refractivity contribution in [2.75, 3.05) is 6.54 Å². The van der Waals surface area contributed by atoms with E-state index in [-0.39, 0.29) is 5.92 Å². The summed E-state index contributed by atoms with van der Waals surface area (Å²) in [4.78, 5) is 7.32. The Bertz CT molecular complexity index is 367. The molecule has 0 aliphatic carbocycles. The van der Waals surface area contributed by atoms with Crippen LogP contribution in [0.25, 0.3) is 0 Å². The Morgan fingerprint density at radius 3 is 2.64 bits per heavy atom. The number of aromatic amines is 1. The average Bonchev–Trinajstić information content (AvgIpc) is 2.74. The van der Waals surface area contributed by atoms with Crippen LogP contribution in [-0.2, 0) is 0 Å². The second kappa shape index (κ2) is 4.07. The molecule has 0 spiro atoms. The first-order valence-corrected chi connectivity index (χ1v) is 4.66. The van der Waals surface area contributed by atoms with E-state index in [9.17, 15) is 0 Å². The quantitative estimate of drug-likeness (QED) is 0.765. The van der Waals surface area contributed by atoms with Crippen LogP contribution in [0.3, 0.4) is 0 Å². The SMILES string of the molecule is NC[C@@H](c1ccccc1)c1ncc[nH]1. The van der Waals surface area contributed by atoms with E-state index in [0.29, 0.717) is 6.54 Å². The zero-order valence-electron chi connectivity index (χ0n) is 7.85. The number of imidazole rings is 1. The maximum atomic E-state index is 5.74. The first kappa shape index (κ1) is 8.97. The number of nitrogens with one attached hydrogen (secondary N) is 1. The lowest BCUT2D eigenvalue weighted by Gasteiger charge is -2.11. The fourth-order valence-electron chi connectivity index (χ4n) is 1.56. The van der Waals surface area contributed by atoms with Crippen LogP contribution in [0.4, 0.5) is 0 Å². The summed E-state index contributed by atoms with van der Waals surface area (Å²) in [6.45, 7) is 0.567. The monoisotopic (exact) mass is 187 g/mol. The molecule has 0 fully saturated rings. The van der Waals surface area contributed by atoms with Crippen molar-refractivity contribution in [3.05, 3.63) is 54.1 Å². The van der Waals surface area contributed by atoms with Gasteiger partial charge in [-0.1, -0.05) is 30.3 Å². The minimum Gasteiger partial charge on any atom is -0.348 e. The predicted octanol–water partition coefficient (Wildman–Crippen LogP) is 1.50. The number of H-pyrrole nitrogens is 1. The van der Waals surface area contributed by atoms with E-state index < -0.39 is 0 Å².